The number of ether oxygens (including phenoxy) is 2. The average molecular weight is 442 g/mol. The molecular formula is C25H25F3N2O2. The summed E-state index contributed by atoms with van der Waals surface area (Å²) in [7, 11) is 0. The molecular weight excluding hydrogens is 417 g/mol. The summed E-state index contributed by atoms with van der Waals surface area (Å²) in [4.78, 5) is 0. The molecule has 0 atom stereocenters. The molecule has 1 N–H and O–H groups in total. The molecule has 0 spiro atoms. The second-order valence-corrected chi connectivity index (χ2v) is 7.31. The summed E-state index contributed by atoms with van der Waals surface area (Å²) in [5, 5.41) is 4.04. The quantitative estimate of drug-likeness (QED) is 0.310. The van der Waals surface area contributed by atoms with Crippen molar-refractivity contribution in [3.63, 3.8) is 0 Å². The van der Waals surface area contributed by atoms with Gasteiger partial charge in [-0.1, -0.05) is 29.8 Å². The van der Waals surface area contributed by atoms with E-state index in [9.17, 15) is 13.2 Å². The molecule has 0 aliphatic carbocycles. The highest BCUT2D eigenvalue weighted by atomic mass is 19.4. The third-order valence-electron chi connectivity index (χ3n) is 4.75. The summed E-state index contributed by atoms with van der Waals surface area (Å²) in [6.07, 6.45) is -2.89. The Balaban J connectivity index is 1.70. The molecule has 0 fully saturated rings. The van der Waals surface area contributed by atoms with Crippen molar-refractivity contribution in [1.82, 2.24) is 0 Å². The maximum atomic E-state index is 12.8. The molecule has 3 aromatic carbocycles. The molecule has 0 saturated carbocycles. The van der Waals surface area contributed by atoms with Gasteiger partial charge in [0.1, 0.15) is 6.61 Å². The predicted molar refractivity (Wildman–Crippen MR) is 121 cm³/mol. The number of hydrogen-bond acceptors (Lipinski definition) is 4. The van der Waals surface area contributed by atoms with Gasteiger partial charge in [0.05, 0.1) is 24.1 Å². The molecule has 168 valence electrons. The maximum absolute atomic E-state index is 12.8. The number of nitrogens with one attached hydrogen (secondary N) is 1. The van der Waals surface area contributed by atoms with E-state index in [1.165, 1.54) is 23.9 Å². The molecule has 0 amide bonds. The molecule has 0 saturated heterocycles. The summed E-state index contributed by atoms with van der Waals surface area (Å²) >= 11 is 0. The van der Waals surface area contributed by atoms with Gasteiger partial charge in [-0.05, 0) is 73.9 Å². The van der Waals surface area contributed by atoms with Gasteiger partial charge in [0.25, 0.3) is 0 Å². The fourth-order valence-corrected chi connectivity index (χ4v) is 3.05. The van der Waals surface area contributed by atoms with Crippen molar-refractivity contribution < 1.29 is 22.6 Å². The van der Waals surface area contributed by atoms with Crippen molar-refractivity contribution in [2.24, 2.45) is 5.10 Å². The van der Waals surface area contributed by atoms with Crippen LogP contribution in [0.25, 0.3) is 0 Å². The van der Waals surface area contributed by atoms with Crippen LogP contribution >= 0.6 is 0 Å². The molecule has 0 radical (unpaired) electrons. The van der Waals surface area contributed by atoms with Crippen LogP contribution in [0.4, 0.5) is 18.9 Å². The monoisotopic (exact) mass is 442 g/mol. The summed E-state index contributed by atoms with van der Waals surface area (Å²) in [6, 6.07) is 16.5. The lowest BCUT2D eigenvalue weighted by Gasteiger charge is -2.14. The lowest BCUT2D eigenvalue weighted by molar-refractivity contribution is -0.137. The molecule has 0 aliphatic rings. The lowest BCUT2D eigenvalue weighted by atomic mass is 10.1. The molecule has 3 aromatic rings. The topological polar surface area (TPSA) is 42.8 Å². The minimum Gasteiger partial charge on any atom is -0.490 e. The molecule has 0 bridgehead atoms. The van der Waals surface area contributed by atoms with E-state index in [1.54, 1.807) is 18.2 Å². The zero-order valence-corrected chi connectivity index (χ0v) is 18.2. The van der Waals surface area contributed by atoms with E-state index in [0.29, 0.717) is 30.3 Å². The molecule has 0 heterocycles. The Labute approximate surface area is 185 Å². The Bertz CT molecular complexity index is 1090. The number of hydrazone groups is 1. The Morgan fingerprint density at radius 2 is 1.75 bits per heavy atom. The van der Waals surface area contributed by atoms with Gasteiger partial charge in [0.2, 0.25) is 0 Å². The van der Waals surface area contributed by atoms with Crippen molar-refractivity contribution in [1.29, 1.82) is 0 Å². The number of hydrogen-bond donors (Lipinski definition) is 1. The van der Waals surface area contributed by atoms with Gasteiger partial charge in [-0.3, -0.25) is 5.43 Å². The fourth-order valence-electron chi connectivity index (χ4n) is 3.05. The second kappa shape index (κ2) is 10.2. The third kappa shape index (κ3) is 6.26. The largest absolute Gasteiger partial charge is 0.490 e. The van der Waals surface area contributed by atoms with Gasteiger partial charge in [0, 0.05) is 0 Å². The molecule has 0 aromatic heterocycles. The van der Waals surface area contributed by atoms with Crippen molar-refractivity contribution in [3.8, 4) is 11.5 Å². The number of benzene rings is 3. The van der Waals surface area contributed by atoms with E-state index < -0.39 is 11.7 Å². The van der Waals surface area contributed by atoms with Crippen LogP contribution in [-0.4, -0.2) is 12.8 Å². The second-order valence-electron chi connectivity index (χ2n) is 7.31. The predicted octanol–water partition coefficient (Wildman–Crippen LogP) is 6.75. The zero-order chi connectivity index (χ0) is 23.1. The Kier molecular flexibility index (Phi) is 7.41. The normalized spacial score (nSPS) is 11.6. The number of nitrogens with zero attached hydrogens (tertiary/aromatic N) is 1. The fraction of sp³-hybridized carbons (Fsp3) is 0.240. The molecule has 32 heavy (non-hydrogen) atoms. The third-order valence-corrected chi connectivity index (χ3v) is 4.75. The van der Waals surface area contributed by atoms with Gasteiger partial charge in [0.15, 0.2) is 11.5 Å². The molecule has 7 heteroatoms. The van der Waals surface area contributed by atoms with Crippen molar-refractivity contribution in [3.05, 3.63) is 88.5 Å². The van der Waals surface area contributed by atoms with Crippen LogP contribution in [0.1, 0.15) is 34.7 Å². The van der Waals surface area contributed by atoms with E-state index in [0.717, 1.165) is 23.3 Å². The van der Waals surface area contributed by atoms with E-state index in [2.05, 4.69) is 28.7 Å². The Hall–Kier alpha value is -3.48. The van der Waals surface area contributed by atoms with Crippen LogP contribution in [0, 0.1) is 13.8 Å². The highest BCUT2D eigenvalue weighted by Gasteiger charge is 2.30. The van der Waals surface area contributed by atoms with Crippen LogP contribution < -0.4 is 14.9 Å². The Morgan fingerprint density at radius 1 is 0.938 bits per heavy atom. The molecule has 3 rings (SSSR count). The van der Waals surface area contributed by atoms with E-state index in [1.807, 2.05) is 20.8 Å². The summed E-state index contributed by atoms with van der Waals surface area (Å²) in [5.41, 5.74) is 6.27. The first-order chi connectivity index (χ1) is 15.3. The van der Waals surface area contributed by atoms with Crippen LogP contribution in [0.5, 0.6) is 11.5 Å². The minimum atomic E-state index is -4.40. The smallest absolute Gasteiger partial charge is 0.416 e. The number of halogens is 3. The number of anilines is 1. The number of rotatable bonds is 8. The molecule has 0 aliphatic heterocycles. The first-order valence-electron chi connectivity index (χ1n) is 10.2. The van der Waals surface area contributed by atoms with Crippen LogP contribution in [0.15, 0.2) is 65.8 Å². The summed E-state index contributed by atoms with van der Waals surface area (Å²) in [6.45, 7) is 6.83. The summed E-state index contributed by atoms with van der Waals surface area (Å²) in [5.74, 6) is 1.18. The van der Waals surface area contributed by atoms with E-state index in [-0.39, 0.29) is 5.69 Å². The van der Waals surface area contributed by atoms with Gasteiger partial charge >= 0.3 is 6.18 Å². The van der Waals surface area contributed by atoms with Gasteiger partial charge in [-0.25, -0.2) is 0 Å². The first-order valence-corrected chi connectivity index (χ1v) is 10.2. The van der Waals surface area contributed by atoms with E-state index >= 15 is 0 Å². The van der Waals surface area contributed by atoms with Crippen LogP contribution in [0.3, 0.4) is 0 Å². The zero-order valence-electron chi connectivity index (χ0n) is 18.2. The SMILES string of the molecule is CCOc1cc(C=NNc2cccc(C(F)(F)F)c2)ccc1OCc1cc(C)ccc1C. The molecule has 4 nitrogen and oxygen atoms in total. The van der Waals surface area contributed by atoms with Gasteiger partial charge < -0.3 is 9.47 Å². The Morgan fingerprint density at radius 3 is 2.50 bits per heavy atom. The maximum Gasteiger partial charge on any atom is 0.416 e. The van der Waals surface area contributed by atoms with E-state index in [4.69, 9.17) is 9.47 Å². The van der Waals surface area contributed by atoms with Crippen LogP contribution in [-0.2, 0) is 12.8 Å². The van der Waals surface area contributed by atoms with Crippen molar-refractivity contribution >= 4 is 11.9 Å². The highest BCUT2D eigenvalue weighted by molar-refractivity contribution is 5.81. The standard InChI is InChI=1S/C25H25F3N2O2/c1-4-31-24-13-19(15-29-30-22-7-5-6-21(14-22)25(26,27)28)10-11-23(24)32-16-20-12-17(2)8-9-18(20)3/h5-15,30H,4,16H2,1-3H3. The minimum absolute atomic E-state index is 0.245. The number of alkyl halides is 3. The first kappa shape index (κ1) is 23.2. The van der Waals surface area contributed by atoms with Gasteiger partial charge in [-0.2, -0.15) is 18.3 Å². The lowest BCUT2D eigenvalue weighted by Crippen LogP contribution is -2.05. The van der Waals surface area contributed by atoms with Crippen molar-refractivity contribution in [2.45, 2.75) is 33.6 Å². The van der Waals surface area contributed by atoms with Crippen molar-refractivity contribution in [2.75, 3.05) is 12.0 Å². The molecule has 0 unspecified atom stereocenters. The summed E-state index contributed by atoms with van der Waals surface area (Å²) < 4.78 is 50.2. The van der Waals surface area contributed by atoms with Gasteiger partial charge in [-0.15, -0.1) is 0 Å². The average Bonchev–Trinajstić information content (AvgIpc) is 2.75. The highest BCUT2D eigenvalue weighted by Crippen LogP contribution is 2.31. The van der Waals surface area contributed by atoms with Crippen LogP contribution in [0.2, 0.25) is 0 Å². The number of aryl methyl sites for hydroxylation is 2.